The first-order valence-electron chi connectivity index (χ1n) is 5.32. The van der Waals surface area contributed by atoms with Crippen LogP contribution in [0.15, 0.2) is 29.4 Å². The summed E-state index contributed by atoms with van der Waals surface area (Å²) in [5.41, 5.74) is 3.70. The number of rotatable bonds is 3. The Labute approximate surface area is 88.7 Å². The number of benzene rings is 1. The van der Waals surface area contributed by atoms with Crippen LogP contribution in [-0.4, -0.2) is 25.0 Å². The van der Waals surface area contributed by atoms with Gasteiger partial charge in [0.15, 0.2) is 0 Å². The van der Waals surface area contributed by atoms with Gasteiger partial charge in [0, 0.05) is 5.56 Å². The molecular weight excluding hydrogens is 190 g/mol. The number of hydrogen-bond acceptors (Lipinski definition) is 3. The Kier molecular flexibility index (Phi) is 2.18. The fourth-order valence-corrected chi connectivity index (χ4v) is 1.86. The summed E-state index contributed by atoms with van der Waals surface area (Å²) in [4.78, 5) is 5.26. The summed E-state index contributed by atoms with van der Waals surface area (Å²) >= 11 is 0. The number of fused-ring (bicyclic) bond motifs is 1. The lowest BCUT2D eigenvalue weighted by molar-refractivity contribution is 0.124. The Morgan fingerprint density at radius 3 is 3.07 bits per heavy atom. The summed E-state index contributed by atoms with van der Waals surface area (Å²) in [5.74, 6) is 0. The van der Waals surface area contributed by atoms with E-state index < -0.39 is 0 Å². The Hall–Kier alpha value is -1.35. The van der Waals surface area contributed by atoms with E-state index >= 15 is 0 Å². The Morgan fingerprint density at radius 1 is 1.33 bits per heavy atom. The van der Waals surface area contributed by atoms with Crippen LogP contribution < -0.4 is 0 Å². The lowest BCUT2D eigenvalue weighted by Gasteiger charge is -1.99. The van der Waals surface area contributed by atoms with Gasteiger partial charge in [-0.05, 0) is 18.4 Å². The van der Waals surface area contributed by atoms with Crippen molar-refractivity contribution in [3.05, 3.63) is 35.4 Å². The zero-order valence-electron chi connectivity index (χ0n) is 8.48. The van der Waals surface area contributed by atoms with Gasteiger partial charge in [0.05, 0.1) is 12.3 Å². The van der Waals surface area contributed by atoms with Crippen molar-refractivity contribution in [2.75, 3.05) is 13.2 Å². The van der Waals surface area contributed by atoms with E-state index in [-0.39, 0.29) is 6.10 Å². The Bertz CT molecular complexity index is 396. The molecule has 0 N–H and O–H groups in total. The third-order valence-corrected chi connectivity index (χ3v) is 2.80. The van der Waals surface area contributed by atoms with Crippen LogP contribution in [0.3, 0.4) is 0 Å². The normalized spacial score (nSPS) is 25.3. The molecule has 1 aromatic rings. The highest BCUT2D eigenvalue weighted by Gasteiger charge is 2.23. The summed E-state index contributed by atoms with van der Waals surface area (Å²) in [5, 5.41) is 4.18. The molecule has 0 amide bonds. The number of ether oxygens (including phenoxy) is 1. The zero-order chi connectivity index (χ0) is 10.1. The smallest absolute Gasteiger partial charge is 0.145 e. The van der Waals surface area contributed by atoms with E-state index in [0.29, 0.717) is 6.61 Å². The van der Waals surface area contributed by atoms with E-state index in [4.69, 9.17) is 9.57 Å². The lowest BCUT2D eigenvalue weighted by atomic mass is 10.1. The number of oxime groups is 1. The van der Waals surface area contributed by atoms with Gasteiger partial charge in [0.25, 0.3) is 0 Å². The van der Waals surface area contributed by atoms with Crippen LogP contribution in [0.2, 0.25) is 0 Å². The molecule has 1 heterocycles. The molecule has 2 aliphatic rings. The van der Waals surface area contributed by atoms with Crippen molar-refractivity contribution in [1.82, 2.24) is 0 Å². The standard InChI is InChI=1S/C12H13NO2/c1-2-4-11-9(3-1)5-6-12(11)13-15-8-10-7-14-10/h1-4,10H,5-8H2/b13-12+/t10-/m1/s1. The molecule has 3 rings (SSSR count). The maximum atomic E-state index is 5.26. The third kappa shape index (κ3) is 1.88. The highest BCUT2D eigenvalue weighted by Crippen LogP contribution is 2.22. The highest BCUT2D eigenvalue weighted by atomic mass is 16.7. The molecule has 0 spiro atoms. The first kappa shape index (κ1) is 8.92. The van der Waals surface area contributed by atoms with Crippen LogP contribution in [0.25, 0.3) is 0 Å². The van der Waals surface area contributed by atoms with Gasteiger partial charge in [0.1, 0.15) is 12.7 Å². The number of nitrogens with zero attached hydrogens (tertiary/aromatic N) is 1. The topological polar surface area (TPSA) is 34.1 Å². The van der Waals surface area contributed by atoms with Crippen molar-refractivity contribution >= 4 is 5.71 Å². The molecule has 1 atom stereocenters. The Balaban J connectivity index is 1.71. The second-order valence-electron chi connectivity index (χ2n) is 3.95. The maximum absolute atomic E-state index is 5.26. The predicted octanol–water partition coefficient (Wildman–Crippen LogP) is 1.75. The van der Waals surface area contributed by atoms with E-state index in [1.54, 1.807) is 0 Å². The van der Waals surface area contributed by atoms with Gasteiger partial charge >= 0.3 is 0 Å². The molecule has 3 nitrogen and oxygen atoms in total. The molecule has 1 aliphatic carbocycles. The largest absolute Gasteiger partial charge is 0.393 e. The minimum Gasteiger partial charge on any atom is -0.393 e. The number of epoxide rings is 1. The summed E-state index contributed by atoms with van der Waals surface area (Å²) in [6.45, 7) is 1.41. The fourth-order valence-electron chi connectivity index (χ4n) is 1.86. The summed E-state index contributed by atoms with van der Waals surface area (Å²) in [7, 11) is 0. The van der Waals surface area contributed by atoms with Crippen molar-refractivity contribution in [2.24, 2.45) is 5.16 Å². The molecule has 0 unspecified atom stereocenters. The quantitative estimate of drug-likeness (QED) is 0.554. The van der Waals surface area contributed by atoms with E-state index in [9.17, 15) is 0 Å². The lowest BCUT2D eigenvalue weighted by Crippen LogP contribution is -2.01. The molecule has 15 heavy (non-hydrogen) atoms. The monoisotopic (exact) mass is 203 g/mol. The molecule has 0 bridgehead atoms. The molecular formula is C12H13NO2. The molecule has 1 saturated heterocycles. The van der Waals surface area contributed by atoms with Crippen molar-refractivity contribution in [3.63, 3.8) is 0 Å². The summed E-state index contributed by atoms with van der Waals surface area (Å²) in [6, 6.07) is 8.38. The van der Waals surface area contributed by atoms with Crippen molar-refractivity contribution in [3.8, 4) is 0 Å². The molecule has 1 aliphatic heterocycles. The van der Waals surface area contributed by atoms with Crippen LogP contribution in [-0.2, 0) is 16.0 Å². The van der Waals surface area contributed by atoms with Crippen molar-refractivity contribution in [2.45, 2.75) is 18.9 Å². The third-order valence-electron chi connectivity index (χ3n) is 2.80. The SMILES string of the molecule is c1ccc2c(c1)CC/C2=N\OC[C@H]1CO1. The van der Waals surface area contributed by atoms with Gasteiger partial charge in [-0.1, -0.05) is 29.4 Å². The maximum Gasteiger partial charge on any atom is 0.145 e. The molecule has 0 radical (unpaired) electrons. The zero-order valence-corrected chi connectivity index (χ0v) is 8.48. The minimum atomic E-state index is 0.283. The summed E-state index contributed by atoms with van der Waals surface area (Å²) in [6.07, 6.45) is 2.36. The fraction of sp³-hybridized carbons (Fsp3) is 0.417. The minimum absolute atomic E-state index is 0.283. The van der Waals surface area contributed by atoms with Gasteiger partial charge in [-0.3, -0.25) is 0 Å². The van der Waals surface area contributed by atoms with E-state index in [1.807, 2.05) is 6.07 Å². The first-order valence-corrected chi connectivity index (χ1v) is 5.32. The average Bonchev–Trinajstić information content (AvgIpc) is 3.00. The van der Waals surface area contributed by atoms with E-state index in [1.165, 1.54) is 11.1 Å². The van der Waals surface area contributed by atoms with Crippen LogP contribution in [0.1, 0.15) is 17.5 Å². The van der Waals surface area contributed by atoms with Crippen LogP contribution >= 0.6 is 0 Å². The van der Waals surface area contributed by atoms with Gasteiger partial charge < -0.3 is 9.57 Å². The molecule has 3 heteroatoms. The van der Waals surface area contributed by atoms with Crippen molar-refractivity contribution in [1.29, 1.82) is 0 Å². The van der Waals surface area contributed by atoms with Gasteiger partial charge in [-0.2, -0.15) is 0 Å². The molecule has 0 saturated carbocycles. The van der Waals surface area contributed by atoms with Crippen LogP contribution in [0, 0.1) is 0 Å². The van der Waals surface area contributed by atoms with Crippen LogP contribution in [0.5, 0.6) is 0 Å². The molecule has 0 aromatic heterocycles. The average molecular weight is 203 g/mol. The molecule has 1 aromatic carbocycles. The number of aryl methyl sites for hydroxylation is 1. The van der Waals surface area contributed by atoms with Crippen molar-refractivity contribution < 1.29 is 9.57 Å². The van der Waals surface area contributed by atoms with Gasteiger partial charge in [0.2, 0.25) is 0 Å². The highest BCUT2D eigenvalue weighted by molar-refractivity contribution is 6.04. The van der Waals surface area contributed by atoms with Gasteiger partial charge in [-0.25, -0.2) is 0 Å². The first-order chi connectivity index (χ1) is 7.43. The second-order valence-corrected chi connectivity index (χ2v) is 3.95. The van der Waals surface area contributed by atoms with E-state index in [0.717, 1.165) is 25.2 Å². The van der Waals surface area contributed by atoms with E-state index in [2.05, 4.69) is 23.4 Å². The number of hydrogen-bond donors (Lipinski definition) is 0. The van der Waals surface area contributed by atoms with Crippen LogP contribution in [0.4, 0.5) is 0 Å². The Morgan fingerprint density at radius 2 is 2.20 bits per heavy atom. The predicted molar refractivity (Wildman–Crippen MR) is 57.0 cm³/mol. The summed E-state index contributed by atoms with van der Waals surface area (Å²) < 4.78 is 5.05. The second kappa shape index (κ2) is 3.66. The molecule has 78 valence electrons. The molecule has 1 fully saturated rings. The van der Waals surface area contributed by atoms with Gasteiger partial charge in [-0.15, -0.1) is 0 Å².